The Morgan fingerprint density at radius 1 is 1.14 bits per heavy atom. The van der Waals surface area contributed by atoms with Crippen molar-refractivity contribution in [2.75, 3.05) is 0 Å². The standard InChI is InChI=1S/C14H21N3O4S/c1-8-9(2)13(22(19,20)17-15-16-18)10(3)11-6-7-14(4,5)21-12(8)11/h6-7H2,1-5H3,(H,15,18)(H,16,17). The number of benzene rings is 1. The molecule has 0 saturated carbocycles. The number of nitrogens with zero attached hydrogens (tertiary/aromatic N) is 1. The van der Waals surface area contributed by atoms with Crippen LogP contribution >= 0.6 is 0 Å². The molecule has 0 radical (unpaired) electrons. The van der Waals surface area contributed by atoms with Gasteiger partial charge in [-0.2, -0.15) is 5.53 Å². The third-order valence-corrected chi connectivity index (χ3v) is 5.67. The quantitative estimate of drug-likeness (QED) is 0.652. The lowest BCUT2D eigenvalue weighted by molar-refractivity contribution is 0.0832. The Hall–Kier alpha value is -1.67. The van der Waals surface area contributed by atoms with Gasteiger partial charge in [-0.15, -0.1) is 9.74 Å². The molecule has 2 N–H and O–H groups in total. The number of sulfonamides is 1. The Morgan fingerprint density at radius 2 is 1.77 bits per heavy atom. The third kappa shape index (κ3) is 2.80. The van der Waals surface area contributed by atoms with Crippen LogP contribution < -0.4 is 15.1 Å². The Balaban J connectivity index is 2.65. The number of hydrogen-bond donors (Lipinski definition) is 2. The summed E-state index contributed by atoms with van der Waals surface area (Å²) in [5.41, 5.74) is 4.44. The van der Waals surface area contributed by atoms with Gasteiger partial charge in [0.25, 0.3) is 10.0 Å². The summed E-state index contributed by atoms with van der Waals surface area (Å²) in [5, 5.41) is 2.32. The maximum Gasteiger partial charge on any atom is 0.259 e. The summed E-state index contributed by atoms with van der Waals surface area (Å²) in [6, 6.07) is 0. The monoisotopic (exact) mass is 327 g/mol. The molecule has 0 aromatic heterocycles. The van der Waals surface area contributed by atoms with Crippen molar-refractivity contribution in [2.24, 2.45) is 5.29 Å². The van der Waals surface area contributed by atoms with Crippen LogP contribution in [0.5, 0.6) is 5.75 Å². The van der Waals surface area contributed by atoms with Gasteiger partial charge >= 0.3 is 0 Å². The van der Waals surface area contributed by atoms with E-state index in [0.29, 0.717) is 11.1 Å². The van der Waals surface area contributed by atoms with Gasteiger partial charge in [-0.05, 0) is 69.7 Å². The second kappa shape index (κ2) is 5.51. The molecule has 0 saturated heterocycles. The molecule has 0 fully saturated rings. The highest BCUT2D eigenvalue weighted by Gasteiger charge is 2.33. The maximum atomic E-state index is 12.4. The molecule has 8 heteroatoms. The molecule has 1 aliphatic heterocycles. The first-order valence-electron chi connectivity index (χ1n) is 7.01. The molecule has 1 aromatic rings. The van der Waals surface area contributed by atoms with Crippen LogP contribution in [0.15, 0.2) is 10.2 Å². The van der Waals surface area contributed by atoms with E-state index < -0.39 is 10.0 Å². The largest absolute Gasteiger partial charge is 0.487 e. The molecular formula is C14H21N3O4S. The van der Waals surface area contributed by atoms with E-state index in [-0.39, 0.29) is 10.5 Å². The molecule has 0 aliphatic carbocycles. The molecule has 22 heavy (non-hydrogen) atoms. The number of rotatable bonds is 4. The predicted molar refractivity (Wildman–Crippen MR) is 82.9 cm³/mol. The van der Waals surface area contributed by atoms with Gasteiger partial charge in [0, 0.05) is 0 Å². The Labute approximate surface area is 130 Å². The van der Waals surface area contributed by atoms with E-state index in [1.165, 1.54) is 0 Å². The van der Waals surface area contributed by atoms with Crippen molar-refractivity contribution in [3.05, 3.63) is 27.2 Å². The minimum Gasteiger partial charge on any atom is -0.487 e. The van der Waals surface area contributed by atoms with E-state index in [1.54, 1.807) is 19.4 Å². The minimum atomic E-state index is -3.88. The van der Waals surface area contributed by atoms with Crippen molar-refractivity contribution in [1.29, 1.82) is 0 Å². The van der Waals surface area contributed by atoms with E-state index in [1.807, 2.05) is 25.6 Å². The van der Waals surface area contributed by atoms with Gasteiger partial charge in [-0.3, -0.25) is 0 Å². The molecule has 122 valence electrons. The molecule has 1 aliphatic rings. The van der Waals surface area contributed by atoms with Gasteiger partial charge in [0.15, 0.2) is 0 Å². The van der Waals surface area contributed by atoms with Crippen LogP contribution in [0.2, 0.25) is 0 Å². The van der Waals surface area contributed by atoms with E-state index >= 15 is 0 Å². The Kier molecular flexibility index (Phi) is 4.18. The zero-order valence-corrected chi connectivity index (χ0v) is 14.2. The average Bonchev–Trinajstić information content (AvgIpc) is 2.41. The number of ether oxygens (including phenoxy) is 1. The second-order valence-corrected chi connectivity index (χ2v) is 7.80. The van der Waals surface area contributed by atoms with Gasteiger partial charge in [0.2, 0.25) is 0 Å². The molecule has 1 aromatic carbocycles. The predicted octanol–water partition coefficient (Wildman–Crippen LogP) is 2.18. The van der Waals surface area contributed by atoms with Gasteiger partial charge < -0.3 is 4.74 Å². The SMILES string of the molecule is Cc1c(C)c(S(=O)(=O)NNN=O)c(C)c2c1OC(C)(C)CC2. The highest BCUT2D eigenvalue weighted by Crippen LogP contribution is 2.41. The van der Waals surface area contributed by atoms with Crippen molar-refractivity contribution in [3.63, 3.8) is 0 Å². The van der Waals surface area contributed by atoms with E-state index in [2.05, 4.69) is 5.29 Å². The first-order valence-corrected chi connectivity index (χ1v) is 8.50. The fraction of sp³-hybridized carbons (Fsp3) is 0.571. The molecule has 0 spiro atoms. The highest BCUT2D eigenvalue weighted by molar-refractivity contribution is 7.89. The lowest BCUT2D eigenvalue weighted by Gasteiger charge is -2.35. The summed E-state index contributed by atoms with van der Waals surface area (Å²) in [6.07, 6.45) is 1.56. The van der Waals surface area contributed by atoms with Crippen molar-refractivity contribution < 1.29 is 13.2 Å². The zero-order chi connectivity index (χ0) is 16.7. The summed E-state index contributed by atoms with van der Waals surface area (Å²) >= 11 is 0. The van der Waals surface area contributed by atoms with Gasteiger partial charge in [-0.25, -0.2) is 8.42 Å². The van der Waals surface area contributed by atoms with E-state index in [0.717, 1.165) is 29.7 Å². The lowest BCUT2D eigenvalue weighted by Crippen LogP contribution is -2.36. The summed E-state index contributed by atoms with van der Waals surface area (Å²) in [7, 11) is -3.88. The first-order chi connectivity index (χ1) is 10.1. The molecule has 0 unspecified atom stereocenters. The third-order valence-electron chi connectivity index (χ3n) is 4.16. The van der Waals surface area contributed by atoms with Crippen LogP contribution in [0.25, 0.3) is 0 Å². The van der Waals surface area contributed by atoms with Crippen molar-refractivity contribution >= 4 is 10.0 Å². The highest BCUT2D eigenvalue weighted by atomic mass is 32.2. The van der Waals surface area contributed by atoms with Gasteiger partial charge in [0.1, 0.15) is 11.4 Å². The average molecular weight is 327 g/mol. The topological polar surface area (TPSA) is 96.9 Å². The van der Waals surface area contributed by atoms with Crippen LogP contribution in [0, 0.1) is 25.7 Å². The first kappa shape index (κ1) is 16.7. The molecular weight excluding hydrogens is 306 g/mol. The normalized spacial score (nSPS) is 16.6. The van der Waals surface area contributed by atoms with Crippen LogP contribution in [-0.4, -0.2) is 14.0 Å². The number of hydrazine groups is 1. The minimum absolute atomic E-state index is 0.170. The Morgan fingerprint density at radius 3 is 2.36 bits per heavy atom. The van der Waals surface area contributed by atoms with Crippen LogP contribution in [-0.2, 0) is 16.4 Å². The number of hydrogen-bond acceptors (Lipinski definition) is 5. The number of fused-ring (bicyclic) bond motifs is 1. The molecule has 0 bridgehead atoms. The molecule has 7 nitrogen and oxygen atoms in total. The zero-order valence-electron chi connectivity index (χ0n) is 13.4. The lowest BCUT2D eigenvalue weighted by atomic mass is 9.88. The van der Waals surface area contributed by atoms with E-state index in [9.17, 15) is 13.3 Å². The van der Waals surface area contributed by atoms with Crippen LogP contribution in [0.4, 0.5) is 0 Å². The number of nitrogens with one attached hydrogen (secondary N) is 2. The van der Waals surface area contributed by atoms with E-state index in [4.69, 9.17) is 4.74 Å². The molecule has 0 atom stereocenters. The Bertz CT molecular complexity index is 726. The molecule has 1 heterocycles. The van der Waals surface area contributed by atoms with Crippen molar-refractivity contribution in [2.45, 2.75) is 58.0 Å². The van der Waals surface area contributed by atoms with Gasteiger partial charge in [-0.1, -0.05) is 0 Å². The summed E-state index contributed by atoms with van der Waals surface area (Å²) in [4.78, 5) is 12.2. The fourth-order valence-corrected chi connectivity index (χ4v) is 4.22. The summed E-state index contributed by atoms with van der Waals surface area (Å²) in [5.74, 6) is 0.770. The van der Waals surface area contributed by atoms with Crippen molar-refractivity contribution in [3.8, 4) is 5.75 Å². The van der Waals surface area contributed by atoms with Crippen LogP contribution in [0.1, 0.15) is 42.5 Å². The molecule has 2 rings (SSSR count). The molecule has 0 amide bonds. The number of nitroso groups, excluding NO2 is 1. The summed E-state index contributed by atoms with van der Waals surface area (Å²) < 4.78 is 30.8. The fourth-order valence-electron chi connectivity index (χ4n) is 2.88. The summed E-state index contributed by atoms with van der Waals surface area (Å²) in [6.45, 7) is 9.38. The van der Waals surface area contributed by atoms with Crippen molar-refractivity contribution in [1.82, 2.24) is 10.4 Å². The maximum absolute atomic E-state index is 12.4. The van der Waals surface area contributed by atoms with Crippen LogP contribution in [0.3, 0.4) is 0 Å². The second-order valence-electron chi connectivity index (χ2n) is 6.18. The smallest absolute Gasteiger partial charge is 0.259 e. The van der Waals surface area contributed by atoms with Gasteiger partial charge in [0.05, 0.1) is 10.2 Å².